The van der Waals surface area contributed by atoms with E-state index in [1.165, 1.54) is 27.9 Å². The second-order valence-electron chi connectivity index (χ2n) is 9.74. The number of urea groups is 1. The van der Waals surface area contributed by atoms with Gasteiger partial charge in [0.2, 0.25) is 10.0 Å². The van der Waals surface area contributed by atoms with Gasteiger partial charge in [-0.05, 0) is 49.9 Å². The van der Waals surface area contributed by atoms with Crippen LogP contribution in [0.4, 0.5) is 16.2 Å². The molecule has 1 aromatic carbocycles. The van der Waals surface area contributed by atoms with E-state index < -0.39 is 21.6 Å². The summed E-state index contributed by atoms with van der Waals surface area (Å²) >= 11 is 0. The number of aromatic nitrogens is 1. The minimum atomic E-state index is -3.50. The summed E-state index contributed by atoms with van der Waals surface area (Å²) < 4.78 is 27.1. The van der Waals surface area contributed by atoms with Gasteiger partial charge >= 0.3 is 6.03 Å². The molecule has 0 radical (unpaired) electrons. The van der Waals surface area contributed by atoms with Crippen molar-refractivity contribution in [2.24, 2.45) is 0 Å². The Kier molecular flexibility index (Phi) is 4.55. The van der Waals surface area contributed by atoms with E-state index in [1.54, 1.807) is 38.1 Å². The lowest BCUT2D eigenvalue weighted by Crippen LogP contribution is -2.43. The highest BCUT2D eigenvalue weighted by Crippen LogP contribution is 2.54. The molecule has 3 amide bonds. The van der Waals surface area contributed by atoms with Crippen LogP contribution in [0.5, 0.6) is 0 Å². The minimum absolute atomic E-state index is 0.165. The first kappa shape index (κ1) is 21.7. The van der Waals surface area contributed by atoms with Crippen LogP contribution in [0.15, 0.2) is 42.7 Å². The summed E-state index contributed by atoms with van der Waals surface area (Å²) in [5.74, 6) is -0.385. The van der Waals surface area contributed by atoms with E-state index in [-0.39, 0.29) is 17.9 Å². The number of pyridine rings is 1. The highest BCUT2D eigenvalue weighted by Gasteiger charge is 2.53. The lowest BCUT2D eigenvalue weighted by atomic mass is 9.66. The fourth-order valence-electron chi connectivity index (χ4n) is 5.15. The first-order valence-corrected chi connectivity index (χ1v) is 12.8. The van der Waals surface area contributed by atoms with Crippen LogP contribution in [0.3, 0.4) is 0 Å². The van der Waals surface area contributed by atoms with Gasteiger partial charge in [-0.15, -0.1) is 0 Å². The number of benzene rings is 1. The molecular formula is C23H26N4O5S. The van der Waals surface area contributed by atoms with Gasteiger partial charge in [-0.25, -0.2) is 18.1 Å². The summed E-state index contributed by atoms with van der Waals surface area (Å²) in [4.78, 5) is 29.3. The molecule has 2 aromatic rings. The van der Waals surface area contributed by atoms with E-state index in [2.05, 4.69) is 0 Å². The zero-order chi connectivity index (χ0) is 23.8. The minimum Gasteiger partial charge on any atom is -0.619 e. The SMILES string of the molecule is CC1(C)C(=O)N(c2ccc3c(c2)N(S(C)(=O)=O)CC32CCC2)C(=O)N1Cc1cc[n+]([O-])cc1. The van der Waals surface area contributed by atoms with E-state index >= 15 is 0 Å². The normalized spacial score (nSPS) is 21.0. The Morgan fingerprint density at radius 2 is 1.76 bits per heavy atom. The molecule has 174 valence electrons. The third-order valence-electron chi connectivity index (χ3n) is 7.27. The van der Waals surface area contributed by atoms with Crippen molar-refractivity contribution in [3.05, 3.63) is 59.1 Å². The maximum absolute atomic E-state index is 13.4. The molecule has 2 aliphatic heterocycles. The van der Waals surface area contributed by atoms with Crippen LogP contribution in [0.2, 0.25) is 0 Å². The number of anilines is 2. The molecule has 0 N–H and O–H groups in total. The molecule has 3 heterocycles. The summed E-state index contributed by atoms with van der Waals surface area (Å²) in [6.07, 6.45) is 6.78. The van der Waals surface area contributed by atoms with Gasteiger partial charge in [0.1, 0.15) is 5.54 Å². The summed E-state index contributed by atoms with van der Waals surface area (Å²) in [5, 5.41) is 11.3. The average Bonchev–Trinajstić information content (AvgIpc) is 3.15. The standard InChI is InChI=1S/C23H26N4O5S/c1-22(2)20(28)27(21(29)25(22)14-16-7-11-24(30)12-8-16)17-5-6-18-19(13-17)26(33(3,31)32)15-23(18)9-4-10-23/h5-8,11-13H,4,9-10,14-15H2,1-3H3. The molecule has 0 bridgehead atoms. The van der Waals surface area contributed by atoms with Crippen molar-refractivity contribution in [2.45, 2.75) is 50.6 Å². The molecule has 1 aromatic heterocycles. The Bertz CT molecular complexity index is 1270. The number of carbonyl (C=O) groups is 2. The monoisotopic (exact) mass is 470 g/mol. The fourth-order valence-corrected chi connectivity index (χ4v) is 6.14. The maximum atomic E-state index is 13.4. The van der Waals surface area contributed by atoms with E-state index in [0.29, 0.717) is 22.6 Å². The molecular weight excluding hydrogens is 444 g/mol. The van der Waals surface area contributed by atoms with Crippen LogP contribution in [-0.4, -0.2) is 43.6 Å². The Labute approximate surface area is 192 Å². The lowest BCUT2D eigenvalue weighted by Gasteiger charge is -2.38. The predicted octanol–water partition coefficient (Wildman–Crippen LogP) is 2.27. The van der Waals surface area contributed by atoms with Gasteiger partial charge in [0.25, 0.3) is 5.91 Å². The second-order valence-corrected chi connectivity index (χ2v) is 11.6. The zero-order valence-corrected chi connectivity index (χ0v) is 19.6. The van der Waals surface area contributed by atoms with Gasteiger partial charge in [0.15, 0.2) is 12.4 Å². The summed E-state index contributed by atoms with van der Waals surface area (Å²) in [6.45, 7) is 3.93. The van der Waals surface area contributed by atoms with Gasteiger partial charge in [-0.1, -0.05) is 12.5 Å². The highest BCUT2D eigenvalue weighted by molar-refractivity contribution is 7.92. The van der Waals surface area contributed by atoms with Gasteiger partial charge in [-0.3, -0.25) is 9.10 Å². The van der Waals surface area contributed by atoms with E-state index in [4.69, 9.17) is 0 Å². The highest BCUT2D eigenvalue weighted by atomic mass is 32.2. The number of nitrogens with zero attached hydrogens (tertiary/aromatic N) is 4. The number of carbonyl (C=O) groups excluding carboxylic acids is 2. The molecule has 0 atom stereocenters. The maximum Gasteiger partial charge on any atom is 0.332 e. The van der Waals surface area contributed by atoms with Crippen molar-refractivity contribution >= 4 is 33.3 Å². The molecule has 1 saturated heterocycles. The van der Waals surface area contributed by atoms with Crippen LogP contribution >= 0.6 is 0 Å². The van der Waals surface area contributed by atoms with E-state index in [9.17, 15) is 23.2 Å². The molecule has 5 rings (SSSR count). The van der Waals surface area contributed by atoms with Gasteiger partial charge in [0.05, 0.1) is 17.6 Å². The van der Waals surface area contributed by atoms with Crippen LogP contribution < -0.4 is 13.9 Å². The molecule has 1 aliphatic carbocycles. The summed E-state index contributed by atoms with van der Waals surface area (Å²) in [6, 6.07) is 8.01. The Morgan fingerprint density at radius 3 is 2.33 bits per heavy atom. The Morgan fingerprint density at radius 1 is 1.09 bits per heavy atom. The summed E-state index contributed by atoms with van der Waals surface area (Å²) in [5.41, 5.74) is 1.32. The lowest BCUT2D eigenvalue weighted by molar-refractivity contribution is -0.605. The molecule has 33 heavy (non-hydrogen) atoms. The number of sulfonamides is 1. The molecule has 10 heteroatoms. The Hall–Kier alpha value is -3.14. The number of hydrogen-bond donors (Lipinski definition) is 0. The molecule has 9 nitrogen and oxygen atoms in total. The first-order valence-electron chi connectivity index (χ1n) is 10.9. The number of hydrogen-bond acceptors (Lipinski definition) is 5. The van der Waals surface area contributed by atoms with E-state index in [1.807, 2.05) is 6.07 Å². The van der Waals surface area contributed by atoms with Crippen LogP contribution in [0.25, 0.3) is 0 Å². The number of rotatable bonds is 4. The zero-order valence-electron chi connectivity index (χ0n) is 18.8. The number of imide groups is 1. The van der Waals surface area contributed by atoms with Crippen molar-refractivity contribution in [3.8, 4) is 0 Å². The third kappa shape index (κ3) is 3.18. The predicted molar refractivity (Wildman–Crippen MR) is 122 cm³/mol. The smallest absolute Gasteiger partial charge is 0.332 e. The van der Waals surface area contributed by atoms with Crippen molar-refractivity contribution in [1.82, 2.24) is 4.90 Å². The molecule has 0 unspecified atom stereocenters. The third-order valence-corrected chi connectivity index (χ3v) is 8.40. The van der Waals surface area contributed by atoms with Crippen LogP contribution in [0.1, 0.15) is 44.2 Å². The quantitative estimate of drug-likeness (QED) is 0.387. The Balaban J connectivity index is 1.52. The van der Waals surface area contributed by atoms with Crippen LogP contribution in [-0.2, 0) is 26.8 Å². The van der Waals surface area contributed by atoms with E-state index in [0.717, 1.165) is 35.3 Å². The van der Waals surface area contributed by atoms with Crippen molar-refractivity contribution < 1.29 is 22.7 Å². The van der Waals surface area contributed by atoms with Crippen molar-refractivity contribution in [2.75, 3.05) is 22.0 Å². The number of amides is 3. The fraction of sp³-hybridized carbons (Fsp3) is 0.435. The van der Waals surface area contributed by atoms with Crippen molar-refractivity contribution in [1.29, 1.82) is 0 Å². The van der Waals surface area contributed by atoms with Gasteiger partial charge < -0.3 is 10.1 Å². The first-order chi connectivity index (χ1) is 15.4. The topological polar surface area (TPSA) is 105 Å². The second kappa shape index (κ2) is 6.93. The molecule has 1 spiro atoms. The largest absolute Gasteiger partial charge is 0.619 e. The molecule has 3 aliphatic rings. The van der Waals surface area contributed by atoms with Gasteiger partial charge in [-0.2, -0.15) is 4.73 Å². The summed E-state index contributed by atoms with van der Waals surface area (Å²) in [7, 11) is -3.50. The van der Waals surface area contributed by atoms with Gasteiger partial charge in [0, 0.05) is 30.6 Å². The average molecular weight is 471 g/mol. The molecule has 2 fully saturated rings. The van der Waals surface area contributed by atoms with Crippen LogP contribution in [0, 0.1) is 5.21 Å². The number of fused-ring (bicyclic) bond motifs is 2. The molecule has 1 saturated carbocycles. The van der Waals surface area contributed by atoms with Crippen molar-refractivity contribution in [3.63, 3.8) is 0 Å².